The fraction of sp³-hybridized carbons (Fsp3) is 0.769. The largest absolute Gasteiger partial charge is 0.313 e. The molecule has 0 aliphatic heterocycles. The third kappa shape index (κ3) is 2.64. The normalized spacial score (nSPS) is 19.1. The summed E-state index contributed by atoms with van der Waals surface area (Å²) in [6.45, 7) is 3.09. The SMILES string of the molecule is CCn1cc(C(CC2CCCC2)NC)cn1. The zero-order valence-electron chi connectivity index (χ0n) is 10.4. The standard InChI is InChI=1S/C13H23N3/c1-3-16-10-12(9-15-16)13(14-2)8-11-6-4-5-7-11/h9-11,13-14H,3-8H2,1-2H3. The average molecular weight is 221 g/mol. The summed E-state index contributed by atoms with van der Waals surface area (Å²) in [6, 6.07) is 0.489. The molecular weight excluding hydrogens is 198 g/mol. The van der Waals surface area contributed by atoms with E-state index in [1.807, 2.05) is 10.9 Å². The first-order valence-electron chi connectivity index (χ1n) is 6.53. The molecule has 16 heavy (non-hydrogen) atoms. The van der Waals surface area contributed by atoms with Crippen molar-refractivity contribution >= 4 is 0 Å². The Kier molecular flexibility index (Phi) is 3.99. The Morgan fingerprint density at radius 3 is 2.81 bits per heavy atom. The maximum atomic E-state index is 4.35. The Balaban J connectivity index is 1.97. The number of hydrogen-bond donors (Lipinski definition) is 1. The Labute approximate surface area is 98.2 Å². The van der Waals surface area contributed by atoms with Crippen LogP contribution in [0.5, 0.6) is 0 Å². The molecule has 2 rings (SSSR count). The number of rotatable bonds is 5. The Hall–Kier alpha value is -0.830. The van der Waals surface area contributed by atoms with Gasteiger partial charge in [0.1, 0.15) is 0 Å². The Morgan fingerprint density at radius 1 is 1.50 bits per heavy atom. The monoisotopic (exact) mass is 221 g/mol. The van der Waals surface area contributed by atoms with Crippen LogP contribution in [-0.4, -0.2) is 16.8 Å². The van der Waals surface area contributed by atoms with Crippen molar-refractivity contribution in [1.82, 2.24) is 15.1 Å². The Morgan fingerprint density at radius 2 is 2.25 bits per heavy atom. The second kappa shape index (κ2) is 5.48. The summed E-state index contributed by atoms with van der Waals surface area (Å²) in [7, 11) is 2.06. The first kappa shape index (κ1) is 11.6. The highest BCUT2D eigenvalue weighted by Crippen LogP contribution is 2.32. The molecule has 1 heterocycles. The van der Waals surface area contributed by atoms with Crippen LogP contribution in [0.4, 0.5) is 0 Å². The highest BCUT2D eigenvalue weighted by molar-refractivity contribution is 5.10. The topological polar surface area (TPSA) is 29.9 Å². The average Bonchev–Trinajstić information content (AvgIpc) is 2.96. The zero-order chi connectivity index (χ0) is 11.4. The molecule has 3 heteroatoms. The Bertz CT molecular complexity index is 313. The van der Waals surface area contributed by atoms with E-state index in [9.17, 15) is 0 Å². The van der Waals surface area contributed by atoms with Crippen LogP contribution in [0.2, 0.25) is 0 Å². The molecule has 1 aromatic heterocycles. The minimum absolute atomic E-state index is 0.489. The van der Waals surface area contributed by atoms with E-state index < -0.39 is 0 Å². The smallest absolute Gasteiger partial charge is 0.0537 e. The molecule has 0 spiro atoms. The lowest BCUT2D eigenvalue weighted by atomic mass is 9.95. The third-order valence-electron chi connectivity index (χ3n) is 3.77. The highest BCUT2D eigenvalue weighted by Gasteiger charge is 2.21. The molecule has 1 atom stereocenters. The lowest BCUT2D eigenvalue weighted by Gasteiger charge is -2.18. The van der Waals surface area contributed by atoms with Gasteiger partial charge in [0.2, 0.25) is 0 Å². The van der Waals surface area contributed by atoms with E-state index in [2.05, 4.69) is 30.6 Å². The van der Waals surface area contributed by atoms with Gasteiger partial charge in [-0.1, -0.05) is 25.7 Å². The van der Waals surface area contributed by atoms with Crippen LogP contribution in [0, 0.1) is 5.92 Å². The summed E-state index contributed by atoms with van der Waals surface area (Å²) in [5, 5.41) is 7.78. The first-order valence-corrected chi connectivity index (χ1v) is 6.53. The van der Waals surface area contributed by atoms with Crippen molar-refractivity contribution < 1.29 is 0 Å². The van der Waals surface area contributed by atoms with Gasteiger partial charge >= 0.3 is 0 Å². The second-order valence-corrected chi connectivity index (χ2v) is 4.86. The molecular formula is C13H23N3. The van der Waals surface area contributed by atoms with Crippen LogP contribution in [0.1, 0.15) is 50.6 Å². The van der Waals surface area contributed by atoms with Crippen molar-refractivity contribution in [2.24, 2.45) is 5.92 Å². The van der Waals surface area contributed by atoms with Crippen molar-refractivity contribution in [2.45, 2.75) is 51.6 Å². The lowest BCUT2D eigenvalue weighted by Crippen LogP contribution is -2.18. The minimum Gasteiger partial charge on any atom is -0.313 e. The molecule has 0 radical (unpaired) electrons. The van der Waals surface area contributed by atoms with Gasteiger partial charge in [0.15, 0.2) is 0 Å². The number of nitrogens with one attached hydrogen (secondary N) is 1. The maximum absolute atomic E-state index is 4.35. The lowest BCUT2D eigenvalue weighted by molar-refractivity contribution is 0.413. The third-order valence-corrected chi connectivity index (χ3v) is 3.77. The van der Waals surface area contributed by atoms with E-state index in [0.29, 0.717) is 6.04 Å². The van der Waals surface area contributed by atoms with Crippen LogP contribution in [0.15, 0.2) is 12.4 Å². The summed E-state index contributed by atoms with van der Waals surface area (Å²) < 4.78 is 2.01. The summed E-state index contributed by atoms with van der Waals surface area (Å²) in [5.74, 6) is 0.919. The highest BCUT2D eigenvalue weighted by atomic mass is 15.3. The van der Waals surface area contributed by atoms with Gasteiger partial charge in [-0.25, -0.2) is 0 Å². The molecule has 0 bridgehead atoms. The van der Waals surface area contributed by atoms with Gasteiger partial charge in [-0.05, 0) is 26.3 Å². The molecule has 0 aromatic carbocycles. The molecule has 0 saturated heterocycles. The van der Waals surface area contributed by atoms with Crippen molar-refractivity contribution in [1.29, 1.82) is 0 Å². The summed E-state index contributed by atoms with van der Waals surface area (Å²) in [6.07, 6.45) is 11.1. The molecule has 0 amide bonds. The van der Waals surface area contributed by atoms with Crippen LogP contribution >= 0.6 is 0 Å². The fourth-order valence-corrected chi connectivity index (χ4v) is 2.73. The summed E-state index contributed by atoms with van der Waals surface area (Å²) in [4.78, 5) is 0. The fourth-order valence-electron chi connectivity index (χ4n) is 2.73. The summed E-state index contributed by atoms with van der Waals surface area (Å²) >= 11 is 0. The molecule has 1 aliphatic carbocycles. The van der Waals surface area contributed by atoms with Crippen LogP contribution in [0.3, 0.4) is 0 Å². The predicted molar refractivity (Wildman–Crippen MR) is 66.3 cm³/mol. The number of hydrogen-bond acceptors (Lipinski definition) is 2. The van der Waals surface area contributed by atoms with E-state index in [1.165, 1.54) is 37.7 Å². The van der Waals surface area contributed by atoms with Gasteiger partial charge in [-0.3, -0.25) is 4.68 Å². The molecule has 3 nitrogen and oxygen atoms in total. The van der Waals surface area contributed by atoms with Gasteiger partial charge in [-0.2, -0.15) is 5.10 Å². The molecule has 1 aromatic rings. The quantitative estimate of drug-likeness (QED) is 0.828. The van der Waals surface area contributed by atoms with E-state index in [4.69, 9.17) is 0 Å². The van der Waals surface area contributed by atoms with E-state index in [-0.39, 0.29) is 0 Å². The van der Waals surface area contributed by atoms with Gasteiger partial charge in [0.05, 0.1) is 6.20 Å². The van der Waals surface area contributed by atoms with Crippen LogP contribution in [-0.2, 0) is 6.54 Å². The number of nitrogens with zero attached hydrogens (tertiary/aromatic N) is 2. The van der Waals surface area contributed by atoms with Crippen molar-refractivity contribution in [2.75, 3.05) is 7.05 Å². The van der Waals surface area contributed by atoms with Gasteiger partial charge in [0.25, 0.3) is 0 Å². The summed E-state index contributed by atoms with van der Waals surface area (Å²) in [5.41, 5.74) is 1.34. The van der Waals surface area contributed by atoms with E-state index in [1.54, 1.807) is 0 Å². The molecule has 90 valence electrons. The zero-order valence-corrected chi connectivity index (χ0v) is 10.4. The van der Waals surface area contributed by atoms with Crippen LogP contribution < -0.4 is 5.32 Å². The number of aromatic nitrogens is 2. The van der Waals surface area contributed by atoms with Crippen molar-refractivity contribution in [3.05, 3.63) is 18.0 Å². The minimum atomic E-state index is 0.489. The first-order chi connectivity index (χ1) is 7.83. The molecule has 1 aliphatic rings. The maximum Gasteiger partial charge on any atom is 0.0537 e. The van der Waals surface area contributed by atoms with E-state index in [0.717, 1.165) is 12.5 Å². The van der Waals surface area contributed by atoms with Gasteiger partial charge in [0, 0.05) is 24.3 Å². The van der Waals surface area contributed by atoms with Crippen molar-refractivity contribution in [3.63, 3.8) is 0 Å². The van der Waals surface area contributed by atoms with E-state index >= 15 is 0 Å². The number of aryl methyl sites for hydroxylation is 1. The van der Waals surface area contributed by atoms with Crippen molar-refractivity contribution in [3.8, 4) is 0 Å². The predicted octanol–water partition coefficient (Wildman–Crippen LogP) is 2.74. The molecule has 1 saturated carbocycles. The van der Waals surface area contributed by atoms with Crippen LogP contribution in [0.25, 0.3) is 0 Å². The second-order valence-electron chi connectivity index (χ2n) is 4.86. The molecule has 1 N–H and O–H groups in total. The molecule has 1 fully saturated rings. The molecule has 1 unspecified atom stereocenters. The van der Waals surface area contributed by atoms with Gasteiger partial charge < -0.3 is 5.32 Å². The van der Waals surface area contributed by atoms with Gasteiger partial charge in [-0.15, -0.1) is 0 Å².